The SMILES string of the molecule is CCCCCCCCCCCCCCCCS(=O)(=O)NCC(NS(=O)(=O)CCCCCCCCCCCCCCCC)C(=O)O. The predicted molar refractivity (Wildman–Crippen MR) is 191 cm³/mol. The second kappa shape index (κ2) is 30.6. The Morgan fingerprint density at radius 2 is 0.733 bits per heavy atom. The van der Waals surface area contributed by atoms with E-state index in [1.807, 2.05) is 0 Å². The van der Waals surface area contributed by atoms with Gasteiger partial charge in [0.25, 0.3) is 0 Å². The van der Waals surface area contributed by atoms with Gasteiger partial charge in [-0.3, -0.25) is 4.79 Å². The first kappa shape index (κ1) is 44.3. The number of carboxylic acid groups (broad SMARTS) is 1. The summed E-state index contributed by atoms with van der Waals surface area (Å²) in [6.07, 6.45) is 32.7. The van der Waals surface area contributed by atoms with E-state index in [1.165, 1.54) is 128 Å². The fraction of sp³-hybridized carbons (Fsp3) is 0.971. The lowest BCUT2D eigenvalue weighted by molar-refractivity contribution is -0.138. The van der Waals surface area contributed by atoms with Crippen molar-refractivity contribution in [2.24, 2.45) is 0 Å². The summed E-state index contributed by atoms with van der Waals surface area (Å²) in [4.78, 5) is 11.6. The van der Waals surface area contributed by atoms with E-state index in [0.717, 1.165) is 38.5 Å². The fourth-order valence-electron chi connectivity index (χ4n) is 5.71. The molecule has 270 valence electrons. The third kappa shape index (κ3) is 31.6. The summed E-state index contributed by atoms with van der Waals surface area (Å²) in [6.45, 7) is 3.99. The molecule has 45 heavy (non-hydrogen) atoms. The van der Waals surface area contributed by atoms with Crippen LogP contribution >= 0.6 is 0 Å². The summed E-state index contributed by atoms with van der Waals surface area (Å²) in [7, 11) is -7.49. The van der Waals surface area contributed by atoms with E-state index in [-0.39, 0.29) is 11.5 Å². The van der Waals surface area contributed by atoms with E-state index in [1.54, 1.807) is 0 Å². The molecular formula is C35H72N2O6S2. The van der Waals surface area contributed by atoms with Gasteiger partial charge in [-0.2, -0.15) is 4.72 Å². The fourth-order valence-corrected chi connectivity index (χ4v) is 8.18. The standard InChI is InChI=1S/C35H72N2O6S2/c1-3-5-7-9-11-13-15-17-19-21-23-25-27-29-31-44(40,41)36-33-34(35(38)39)37-45(42,43)32-30-28-26-24-22-20-18-16-14-12-10-8-6-4-2/h34,36-37H,3-33H2,1-2H3,(H,38,39). The number of carbonyl (C=O) groups is 1. The molecule has 0 heterocycles. The number of nitrogens with one attached hydrogen (secondary N) is 2. The monoisotopic (exact) mass is 680 g/mol. The average molecular weight is 681 g/mol. The van der Waals surface area contributed by atoms with Crippen LogP contribution in [0.25, 0.3) is 0 Å². The van der Waals surface area contributed by atoms with E-state index >= 15 is 0 Å². The number of carboxylic acids is 1. The zero-order valence-corrected chi connectivity index (χ0v) is 30.9. The van der Waals surface area contributed by atoms with Crippen LogP contribution in [0.4, 0.5) is 0 Å². The summed E-state index contributed by atoms with van der Waals surface area (Å²) in [5, 5.41) is 9.47. The molecule has 0 fully saturated rings. The van der Waals surface area contributed by atoms with Crippen molar-refractivity contribution in [3.8, 4) is 0 Å². The van der Waals surface area contributed by atoms with Gasteiger partial charge < -0.3 is 5.11 Å². The summed E-state index contributed by atoms with van der Waals surface area (Å²) >= 11 is 0. The summed E-state index contributed by atoms with van der Waals surface area (Å²) in [5.41, 5.74) is 0. The molecule has 0 aliphatic heterocycles. The first-order valence-electron chi connectivity index (χ1n) is 18.8. The average Bonchev–Trinajstić information content (AvgIpc) is 2.99. The highest BCUT2D eigenvalue weighted by atomic mass is 32.2. The molecule has 0 rings (SSSR count). The zero-order valence-electron chi connectivity index (χ0n) is 29.3. The number of unbranched alkanes of at least 4 members (excludes halogenated alkanes) is 26. The van der Waals surface area contributed by atoms with Crippen molar-refractivity contribution in [2.45, 2.75) is 200 Å². The van der Waals surface area contributed by atoms with Crippen molar-refractivity contribution in [1.29, 1.82) is 0 Å². The Balaban J connectivity index is 3.91. The van der Waals surface area contributed by atoms with E-state index in [4.69, 9.17) is 0 Å². The molecule has 0 aromatic heterocycles. The van der Waals surface area contributed by atoms with Crippen molar-refractivity contribution in [3.05, 3.63) is 0 Å². The van der Waals surface area contributed by atoms with Crippen LogP contribution in [0.5, 0.6) is 0 Å². The third-order valence-electron chi connectivity index (χ3n) is 8.66. The molecule has 0 aliphatic carbocycles. The van der Waals surface area contributed by atoms with Gasteiger partial charge in [-0.15, -0.1) is 0 Å². The molecule has 0 radical (unpaired) electrons. The van der Waals surface area contributed by atoms with Crippen LogP contribution < -0.4 is 9.44 Å². The highest BCUT2D eigenvalue weighted by molar-refractivity contribution is 7.89. The Bertz CT molecular complexity index is 881. The maximum Gasteiger partial charge on any atom is 0.323 e. The lowest BCUT2D eigenvalue weighted by atomic mass is 10.0. The molecule has 0 aromatic carbocycles. The van der Waals surface area contributed by atoms with E-state index in [0.29, 0.717) is 12.8 Å². The lowest BCUT2D eigenvalue weighted by Crippen LogP contribution is -2.49. The maximum atomic E-state index is 12.5. The molecule has 3 N–H and O–H groups in total. The minimum Gasteiger partial charge on any atom is -0.480 e. The van der Waals surface area contributed by atoms with E-state index in [9.17, 15) is 26.7 Å². The largest absolute Gasteiger partial charge is 0.480 e. The first-order chi connectivity index (χ1) is 21.6. The summed E-state index contributed by atoms with van der Waals surface area (Å²) < 4.78 is 54.1. The van der Waals surface area contributed by atoms with Crippen LogP contribution in [0.3, 0.4) is 0 Å². The number of hydrogen-bond acceptors (Lipinski definition) is 5. The van der Waals surface area contributed by atoms with Crippen molar-refractivity contribution in [3.63, 3.8) is 0 Å². The van der Waals surface area contributed by atoms with Gasteiger partial charge in [-0.1, -0.05) is 181 Å². The van der Waals surface area contributed by atoms with Gasteiger partial charge in [0.05, 0.1) is 11.5 Å². The van der Waals surface area contributed by atoms with Gasteiger partial charge in [0.1, 0.15) is 6.04 Å². The third-order valence-corrected chi connectivity index (χ3v) is 11.6. The topological polar surface area (TPSA) is 130 Å². The van der Waals surface area contributed by atoms with Crippen LogP contribution in [-0.2, 0) is 24.8 Å². The van der Waals surface area contributed by atoms with Crippen LogP contribution in [0.1, 0.15) is 194 Å². The number of aliphatic carboxylic acids is 1. The van der Waals surface area contributed by atoms with E-state index in [2.05, 4.69) is 23.3 Å². The zero-order chi connectivity index (χ0) is 33.5. The molecule has 0 saturated carbocycles. The molecule has 10 heteroatoms. The molecular weight excluding hydrogens is 609 g/mol. The van der Waals surface area contributed by atoms with Crippen LogP contribution in [0, 0.1) is 0 Å². The highest BCUT2D eigenvalue weighted by Gasteiger charge is 2.25. The second-order valence-electron chi connectivity index (χ2n) is 13.2. The smallest absolute Gasteiger partial charge is 0.323 e. The summed E-state index contributed by atoms with van der Waals surface area (Å²) in [5.74, 6) is -1.62. The molecule has 0 amide bonds. The number of rotatable bonds is 36. The quantitative estimate of drug-likeness (QED) is 0.0566. The molecule has 0 bridgehead atoms. The van der Waals surface area contributed by atoms with Gasteiger partial charge in [0.15, 0.2) is 0 Å². The molecule has 0 aliphatic rings. The van der Waals surface area contributed by atoms with Crippen molar-refractivity contribution < 1.29 is 26.7 Å². The van der Waals surface area contributed by atoms with Crippen LogP contribution in [0.2, 0.25) is 0 Å². The van der Waals surface area contributed by atoms with Crippen molar-refractivity contribution >= 4 is 26.0 Å². The second-order valence-corrected chi connectivity index (χ2v) is 17.0. The molecule has 0 aromatic rings. The minimum atomic E-state index is -3.82. The van der Waals surface area contributed by atoms with Gasteiger partial charge >= 0.3 is 5.97 Å². The lowest BCUT2D eigenvalue weighted by Gasteiger charge is -2.16. The predicted octanol–water partition coefficient (Wildman–Crippen LogP) is 9.24. The molecule has 1 atom stereocenters. The molecule has 0 spiro atoms. The van der Waals surface area contributed by atoms with E-state index < -0.39 is 38.6 Å². The van der Waals surface area contributed by atoms with Crippen LogP contribution in [0.15, 0.2) is 0 Å². The Labute approximate surface area is 279 Å². The Hall–Kier alpha value is -0.710. The van der Waals surface area contributed by atoms with Gasteiger partial charge in [0, 0.05) is 6.54 Å². The normalized spacial score (nSPS) is 12.9. The maximum absolute atomic E-state index is 12.5. The minimum absolute atomic E-state index is 0.0802. The molecule has 8 nitrogen and oxygen atoms in total. The number of sulfonamides is 2. The summed E-state index contributed by atoms with van der Waals surface area (Å²) in [6, 6.07) is -1.52. The van der Waals surface area contributed by atoms with Crippen LogP contribution in [-0.4, -0.2) is 52.0 Å². The number of hydrogen-bond donors (Lipinski definition) is 3. The van der Waals surface area contributed by atoms with Crippen molar-refractivity contribution in [1.82, 2.24) is 9.44 Å². The van der Waals surface area contributed by atoms with Gasteiger partial charge in [-0.25, -0.2) is 21.6 Å². The Morgan fingerprint density at radius 1 is 0.467 bits per heavy atom. The first-order valence-corrected chi connectivity index (χ1v) is 22.1. The highest BCUT2D eigenvalue weighted by Crippen LogP contribution is 2.14. The Kier molecular flexibility index (Phi) is 30.1. The molecule has 1 unspecified atom stereocenters. The Morgan fingerprint density at radius 3 is 1.02 bits per heavy atom. The van der Waals surface area contributed by atoms with Gasteiger partial charge in [0.2, 0.25) is 20.0 Å². The van der Waals surface area contributed by atoms with Gasteiger partial charge in [-0.05, 0) is 12.8 Å². The van der Waals surface area contributed by atoms with Crippen molar-refractivity contribution in [2.75, 3.05) is 18.1 Å². The molecule has 0 saturated heterocycles.